The Kier molecular flexibility index (Phi) is 17.1. The maximum absolute atomic E-state index is 14.2. The summed E-state index contributed by atoms with van der Waals surface area (Å²) in [6.45, 7) is 6.76. The molecule has 9 N–H and O–H groups in total. The van der Waals surface area contributed by atoms with Crippen LogP contribution in [0.25, 0.3) is 21.6 Å². The number of amides is 1. The molecule has 0 spiro atoms. The lowest BCUT2D eigenvalue weighted by Gasteiger charge is -2.28. The van der Waals surface area contributed by atoms with Gasteiger partial charge in [0.25, 0.3) is 0 Å². The number of carbonyl (C=O) groups excluding carboxylic acids is 2. The molecule has 0 saturated carbocycles. The largest absolute Gasteiger partial charge is 0.472 e. The number of phosphoric acid groups is 2. The zero-order valence-electron chi connectivity index (χ0n) is 34.7. The van der Waals surface area contributed by atoms with Crippen LogP contribution in [0.5, 0.6) is 0 Å². The molecule has 10 atom stereocenters. The zero-order valence-corrected chi connectivity index (χ0v) is 38.1. The van der Waals surface area contributed by atoms with Crippen LogP contribution in [0.3, 0.4) is 0 Å². The van der Waals surface area contributed by atoms with Gasteiger partial charge in [-0.15, -0.1) is 0 Å². The summed E-state index contributed by atoms with van der Waals surface area (Å²) in [5.41, 5.74) is 18.9. The van der Waals surface area contributed by atoms with Crippen molar-refractivity contribution in [2.24, 2.45) is 5.11 Å². The molecule has 0 aromatic carbocycles. The predicted molar refractivity (Wildman–Crippen MR) is 226 cm³/mol. The number of aliphatic hydroxyl groups excluding tert-OH is 1. The van der Waals surface area contributed by atoms with Gasteiger partial charge in [0.1, 0.15) is 59.9 Å². The van der Waals surface area contributed by atoms with Crippen LogP contribution in [-0.2, 0) is 46.4 Å². The van der Waals surface area contributed by atoms with Crippen molar-refractivity contribution in [1.82, 2.24) is 34.4 Å². The van der Waals surface area contributed by atoms with Gasteiger partial charge in [-0.25, -0.2) is 38.5 Å². The Morgan fingerprint density at radius 3 is 2.47 bits per heavy atom. The third kappa shape index (κ3) is 14.2. The van der Waals surface area contributed by atoms with E-state index in [1.807, 2.05) is 13.8 Å². The molecule has 3 aromatic heterocycles. The van der Waals surface area contributed by atoms with E-state index in [-0.39, 0.29) is 47.4 Å². The standard InChI is InChI=1S/C32H48N12O16P2S2/c1-15(2)63-64-16(10-39-42-35)8-17(40-31(48)59-32(3,4)5)29(46)58-25-20(57-28(24(25)45)44-14-38-23-26(34)36-13-37-27(23)44)12-55-62(52,53)60-18-9-22(43-7-6-21(33)41-30(43)47)56-19(18)11-54-61(49,50)51/h6-7,13-20,22,24-25,28,45H,8-12H2,1-5H3,(H,40,48)(H,52,53)(H2,33,41,47)(H2,34,36,37)(H2,49,50,51)/t16?,17-,18+,19-,20+,22-,24-,25-,28-/m1/s1. The van der Waals surface area contributed by atoms with Gasteiger partial charge in [0.15, 0.2) is 23.8 Å². The Morgan fingerprint density at radius 1 is 1.09 bits per heavy atom. The number of ether oxygens (including phenoxy) is 4. The molecule has 354 valence electrons. The molecule has 64 heavy (non-hydrogen) atoms. The van der Waals surface area contributed by atoms with Crippen molar-refractivity contribution in [3.63, 3.8) is 0 Å². The molecular formula is C32H48N12O16P2S2. The third-order valence-corrected chi connectivity index (χ3v) is 13.8. The normalized spacial score (nSPS) is 24.5. The van der Waals surface area contributed by atoms with Gasteiger partial charge >= 0.3 is 33.4 Å². The number of aliphatic hydroxyl groups is 1. The Morgan fingerprint density at radius 2 is 1.81 bits per heavy atom. The number of nitrogens with zero attached hydrogens (tertiary/aromatic N) is 9. The predicted octanol–water partition coefficient (Wildman–Crippen LogP) is 2.07. The molecule has 32 heteroatoms. The summed E-state index contributed by atoms with van der Waals surface area (Å²) >= 11 is 0. The number of hydrogen-bond donors (Lipinski definition) is 7. The number of aromatic nitrogens is 6. The van der Waals surface area contributed by atoms with Gasteiger partial charge in [-0.3, -0.25) is 22.7 Å². The number of nitrogens with two attached hydrogens (primary N) is 2. The molecule has 0 aliphatic carbocycles. The second kappa shape index (κ2) is 21.5. The van der Waals surface area contributed by atoms with Gasteiger partial charge in [0, 0.05) is 34.6 Å². The van der Waals surface area contributed by atoms with Crippen molar-refractivity contribution in [3.8, 4) is 0 Å². The number of nitrogen functional groups attached to an aromatic ring is 2. The summed E-state index contributed by atoms with van der Waals surface area (Å²) in [6.07, 6.45) is -8.76. The summed E-state index contributed by atoms with van der Waals surface area (Å²) in [5.74, 6) is -1.25. The van der Waals surface area contributed by atoms with Crippen LogP contribution in [0.2, 0.25) is 0 Å². The van der Waals surface area contributed by atoms with Crippen LogP contribution >= 0.6 is 37.2 Å². The summed E-state index contributed by atoms with van der Waals surface area (Å²) in [5, 5.41) is 17.5. The lowest BCUT2D eigenvalue weighted by atomic mass is 10.1. The van der Waals surface area contributed by atoms with E-state index in [0.717, 1.165) is 10.9 Å². The number of fused-ring (bicyclic) bond motifs is 1. The lowest BCUT2D eigenvalue weighted by molar-refractivity contribution is -0.159. The van der Waals surface area contributed by atoms with Crippen LogP contribution in [0.1, 0.15) is 59.9 Å². The number of esters is 1. The first-order chi connectivity index (χ1) is 29.9. The van der Waals surface area contributed by atoms with Crippen LogP contribution in [0.4, 0.5) is 16.4 Å². The van der Waals surface area contributed by atoms with Crippen molar-refractivity contribution in [2.45, 2.75) is 113 Å². The molecule has 1 amide bonds. The van der Waals surface area contributed by atoms with Gasteiger partial charge in [-0.1, -0.05) is 40.5 Å². The molecule has 2 fully saturated rings. The maximum atomic E-state index is 14.2. The van der Waals surface area contributed by atoms with Gasteiger partial charge in [-0.2, -0.15) is 4.98 Å². The molecule has 0 radical (unpaired) electrons. The first kappa shape index (κ1) is 50.9. The number of carbonyl (C=O) groups is 2. The van der Waals surface area contributed by atoms with E-state index in [1.165, 1.54) is 44.7 Å². The minimum absolute atomic E-state index is 0.0162. The SMILES string of the molecule is CC(C)SSC(CN=[N+]=[N-])C[C@@H](NC(=O)OC(C)(C)C)C(=O)O[C@H]1[C@@H](O)[C@H](n2cnc3c(N)ncnc32)O[C@H]1COP(=O)(O)O[C@H]1C[C@H](n2ccc(N)nc2=O)O[C@@H]1COP(=O)(O)O. The molecular weight excluding hydrogens is 935 g/mol. The van der Waals surface area contributed by atoms with E-state index < -0.39 is 106 Å². The van der Waals surface area contributed by atoms with Crippen molar-refractivity contribution in [1.29, 1.82) is 0 Å². The topological polar surface area (TPSA) is 405 Å². The molecule has 2 aliphatic heterocycles. The van der Waals surface area contributed by atoms with Crippen molar-refractivity contribution in [3.05, 3.63) is 45.8 Å². The second-order valence-corrected chi connectivity index (χ2v) is 21.1. The number of nitrogens with one attached hydrogen (secondary N) is 1. The van der Waals surface area contributed by atoms with E-state index in [1.54, 1.807) is 20.8 Å². The second-order valence-electron chi connectivity index (χ2n) is 15.4. The Balaban J connectivity index is 1.42. The number of imidazole rings is 1. The average Bonchev–Trinajstić information content (AvgIpc) is 3.88. The number of azide groups is 1. The average molecular weight is 983 g/mol. The lowest BCUT2D eigenvalue weighted by Crippen LogP contribution is -2.49. The molecule has 3 aromatic rings. The van der Waals surface area contributed by atoms with E-state index >= 15 is 0 Å². The van der Waals surface area contributed by atoms with E-state index in [0.29, 0.717) is 0 Å². The summed E-state index contributed by atoms with van der Waals surface area (Å²) < 4.78 is 65.7. The highest BCUT2D eigenvalue weighted by Crippen LogP contribution is 2.50. The Hall–Kier alpha value is -4.12. The number of rotatable bonds is 20. The van der Waals surface area contributed by atoms with Crippen molar-refractivity contribution >= 4 is 72.1 Å². The van der Waals surface area contributed by atoms with Crippen LogP contribution < -0.4 is 22.5 Å². The molecule has 5 rings (SSSR count). The van der Waals surface area contributed by atoms with E-state index in [2.05, 4.69) is 39.8 Å². The number of hydrogen-bond acceptors (Lipinski definition) is 22. The molecule has 28 nitrogen and oxygen atoms in total. The van der Waals surface area contributed by atoms with Crippen LogP contribution in [0, 0.1) is 0 Å². The van der Waals surface area contributed by atoms with Crippen LogP contribution in [0.15, 0.2) is 34.8 Å². The maximum Gasteiger partial charge on any atom is 0.472 e. The molecule has 2 saturated heterocycles. The van der Waals surface area contributed by atoms with Gasteiger partial charge < -0.3 is 55.5 Å². The fourth-order valence-corrected chi connectivity index (χ4v) is 9.84. The fraction of sp³-hybridized carbons (Fsp3) is 0.656. The molecule has 0 bridgehead atoms. The first-order valence-corrected chi connectivity index (χ1v) is 24.4. The van der Waals surface area contributed by atoms with E-state index in [4.69, 9.17) is 45.0 Å². The number of alkyl carbamates (subject to hydrolysis) is 1. The quantitative estimate of drug-likeness (QED) is 0.0213. The Bertz CT molecular complexity index is 2330. The highest BCUT2D eigenvalue weighted by Gasteiger charge is 2.50. The Labute approximate surface area is 371 Å². The monoisotopic (exact) mass is 982 g/mol. The summed E-state index contributed by atoms with van der Waals surface area (Å²) in [6, 6.07) is -0.217. The van der Waals surface area contributed by atoms with Gasteiger partial charge in [-0.05, 0) is 38.8 Å². The van der Waals surface area contributed by atoms with E-state index in [9.17, 15) is 43.3 Å². The van der Waals surface area contributed by atoms with Crippen molar-refractivity contribution < 1.29 is 71.0 Å². The summed E-state index contributed by atoms with van der Waals surface area (Å²) in [7, 11) is -7.64. The highest BCUT2D eigenvalue weighted by atomic mass is 33.1. The molecule has 5 heterocycles. The summed E-state index contributed by atoms with van der Waals surface area (Å²) in [4.78, 5) is 88.1. The highest BCUT2D eigenvalue weighted by molar-refractivity contribution is 8.77. The smallest absolute Gasteiger partial charge is 0.455 e. The number of anilines is 2. The minimum atomic E-state index is -5.27. The third-order valence-electron chi connectivity index (χ3n) is 8.85. The van der Waals surface area contributed by atoms with Gasteiger partial charge in [0.05, 0.1) is 19.5 Å². The van der Waals surface area contributed by atoms with Crippen LogP contribution in [-0.4, -0.2) is 133 Å². The zero-order chi connectivity index (χ0) is 47.1. The molecule has 2 unspecified atom stereocenters. The van der Waals surface area contributed by atoms with Gasteiger partial charge in [0.2, 0.25) is 0 Å². The first-order valence-electron chi connectivity index (χ1n) is 19.1. The number of phosphoric ester groups is 2. The fourth-order valence-electron chi connectivity index (χ4n) is 6.21. The minimum Gasteiger partial charge on any atom is -0.455 e. The van der Waals surface area contributed by atoms with Crippen molar-refractivity contribution in [2.75, 3.05) is 31.2 Å². The molecule has 2 aliphatic rings.